The SMILES string of the molecule is CNCCc1nc2c(s1)CN(CCc1ccccc1)CC2. The van der Waals surface area contributed by atoms with Gasteiger partial charge in [0.1, 0.15) is 0 Å². The zero-order chi connectivity index (χ0) is 14.5. The lowest BCUT2D eigenvalue weighted by Gasteiger charge is -2.25. The normalized spacial score (nSPS) is 15.1. The summed E-state index contributed by atoms with van der Waals surface area (Å²) in [7, 11) is 2.00. The zero-order valence-corrected chi connectivity index (χ0v) is 13.5. The highest BCUT2D eigenvalue weighted by Gasteiger charge is 2.20. The number of aromatic nitrogens is 1. The second-order valence-corrected chi connectivity index (χ2v) is 6.76. The van der Waals surface area contributed by atoms with E-state index in [0.717, 1.165) is 45.4 Å². The first-order valence-corrected chi connectivity index (χ1v) is 8.55. The second kappa shape index (κ2) is 7.16. The highest BCUT2D eigenvalue weighted by atomic mass is 32.1. The topological polar surface area (TPSA) is 28.2 Å². The lowest BCUT2D eigenvalue weighted by atomic mass is 10.1. The van der Waals surface area contributed by atoms with Crippen molar-refractivity contribution in [3.8, 4) is 0 Å². The fourth-order valence-corrected chi connectivity index (χ4v) is 3.92. The summed E-state index contributed by atoms with van der Waals surface area (Å²) in [5.41, 5.74) is 2.78. The number of likely N-dealkylation sites (N-methyl/N-ethyl adjacent to an activating group) is 1. The molecule has 1 N–H and O–H groups in total. The third kappa shape index (κ3) is 3.90. The first kappa shape index (κ1) is 14.7. The summed E-state index contributed by atoms with van der Waals surface area (Å²) in [5, 5.41) is 4.49. The quantitative estimate of drug-likeness (QED) is 0.888. The first-order chi connectivity index (χ1) is 10.3. The molecule has 0 saturated carbocycles. The van der Waals surface area contributed by atoms with Crippen LogP contribution in [0.4, 0.5) is 0 Å². The summed E-state index contributed by atoms with van der Waals surface area (Å²) in [5.74, 6) is 0. The lowest BCUT2D eigenvalue weighted by Crippen LogP contribution is -2.31. The molecule has 2 heterocycles. The van der Waals surface area contributed by atoms with Crippen molar-refractivity contribution in [2.45, 2.75) is 25.8 Å². The van der Waals surface area contributed by atoms with E-state index in [9.17, 15) is 0 Å². The first-order valence-electron chi connectivity index (χ1n) is 7.73. The van der Waals surface area contributed by atoms with E-state index in [2.05, 4.69) is 40.5 Å². The third-order valence-corrected chi connectivity index (χ3v) is 5.15. The van der Waals surface area contributed by atoms with Gasteiger partial charge in [-0.1, -0.05) is 30.3 Å². The van der Waals surface area contributed by atoms with E-state index in [1.54, 1.807) is 0 Å². The summed E-state index contributed by atoms with van der Waals surface area (Å²) in [6.07, 6.45) is 3.31. The molecule has 1 aliphatic rings. The summed E-state index contributed by atoms with van der Waals surface area (Å²) in [4.78, 5) is 8.84. The van der Waals surface area contributed by atoms with Gasteiger partial charge in [-0.3, -0.25) is 4.90 Å². The molecule has 21 heavy (non-hydrogen) atoms. The van der Waals surface area contributed by atoms with Crippen molar-refractivity contribution >= 4 is 11.3 Å². The van der Waals surface area contributed by atoms with Gasteiger partial charge in [0.2, 0.25) is 0 Å². The van der Waals surface area contributed by atoms with Gasteiger partial charge >= 0.3 is 0 Å². The van der Waals surface area contributed by atoms with Crippen molar-refractivity contribution < 1.29 is 0 Å². The number of nitrogens with zero attached hydrogens (tertiary/aromatic N) is 2. The number of thiazole rings is 1. The molecule has 0 unspecified atom stereocenters. The Morgan fingerprint density at radius 2 is 2.10 bits per heavy atom. The van der Waals surface area contributed by atoms with Crippen LogP contribution in [0.15, 0.2) is 30.3 Å². The van der Waals surface area contributed by atoms with Crippen LogP contribution in [0.2, 0.25) is 0 Å². The minimum atomic E-state index is 1.02. The third-order valence-electron chi connectivity index (χ3n) is 4.00. The molecule has 0 atom stereocenters. The van der Waals surface area contributed by atoms with Gasteiger partial charge in [0.05, 0.1) is 10.7 Å². The van der Waals surface area contributed by atoms with Gasteiger partial charge < -0.3 is 5.32 Å². The molecule has 112 valence electrons. The Hall–Kier alpha value is -1.23. The Bertz CT molecular complexity index is 565. The molecular weight excluding hydrogens is 278 g/mol. The van der Waals surface area contributed by atoms with Gasteiger partial charge in [0, 0.05) is 43.9 Å². The van der Waals surface area contributed by atoms with Gasteiger partial charge in [0.25, 0.3) is 0 Å². The molecule has 3 rings (SSSR count). The summed E-state index contributed by atoms with van der Waals surface area (Å²) < 4.78 is 0. The second-order valence-electron chi connectivity index (χ2n) is 5.59. The Morgan fingerprint density at radius 1 is 1.24 bits per heavy atom. The van der Waals surface area contributed by atoms with Gasteiger partial charge in [-0.25, -0.2) is 4.98 Å². The van der Waals surface area contributed by atoms with Crippen LogP contribution >= 0.6 is 11.3 Å². The molecule has 0 bridgehead atoms. The molecule has 0 amide bonds. The molecule has 4 heteroatoms. The highest BCUT2D eigenvalue weighted by Crippen LogP contribution is 2.25. The fourth-order valence-electron chi connectivity index (χ4n) is 2.76. The van der Waals surface area contributed by atoms with Gasteiger partial charge in [0.15, 0.2) is 0 Å². The van der Waals surface area contributed by atoms with Crippen LogP contribution in [0.5, 0.6) is 0 Å². The predicted molar refractivity (Wildman–Crippen MR) is 88.9 cm³/mol. The van der Waals surface area contributed by atoms with E-state index in [1.807, 2.05) is 18.4 Å². The predicted octanol–water partition coefficient (Wildman–Crippen LogP) is 2.51. The Morgan fingerprint density at radius 3 is 2.90 bits per heavy atom. The summed E-state index contributed by atoms with van der Waals surface area (Å²) >= 11 is 1.91. The van der Waals surface area contributed by atoms with Crippen molar-refractivity contribution in [3.63, 3.8) is 0 Å². The Balaban J connectivity index is 1.55. The van der Waals surface area contributed by atoms with Gasteiger partial charge in [-0.05, 0) is 19.0 Å². The molecular formula is C17H23N3S. The van der Waals surface area contributed by atoms with Crippen LogP contribution in [-0.4, -0.2) is 36.6 Å². The van der Waals surface area contributed by atoms with Crippen molar-refractivity contribution in [2.75, 3.05) is 26.7 Å². The van der Waals surface area contributed by atoms with E-state index in [-0.39, 0.29) is 0 Å². The minimum absolute atomic E-state index is 1.02. The highest BCUT2D eigenvalue weighted by molar-refractivity contribution is 7.11. The largest absolute Gasteiger partial charge is 0.319 e. The molecule has 1 aromatic carbocycles. The van der Waals surface area contributed by atoms with Crippen LogP contribution in [-0.2, 0) is 25.8 Å². The number of hydrogen-bond acceptors (Lipinski definition) is 4. The lowest BCUT2D eigenvalue weighted by molar-refractivity contribution is 0.259. The van der Waals surface area contributed by atoms with E-state index in [4.69, 9.17) is 4.98 Å². The Kier molecular flexibility index (Phi) is 5.01. The molecule has 0 fully saturated rings. The zero-order valence-electron chi connectivity index (χ0n) is 12.6. The van der Waals surface area contributed by atoms with E-state index in [1.165, 1.54) is 21.1 Å². The number of rotatable bonds is 6. The van der Waals surface area contributed by atoms with Crippen molar-refractivity contribution in [1.82, 2.24) is 15.2 Å². The maximum atomic E-state index is 4.79. The van der Waals surface area contributed by atoms with Gasteiger partial charge in [-0.15, -0.1) is 11.3 Å². The number of hydrogen-bond donors (Lipinski definition) is 1. The molecule has 3 nitrogen and oxygen atoms in total. The summed E-state index contributed by atoms with van der Waals surface area (Å²) in [6, 6.07) is 10.8. The van der Waals surface area contributed by atoms with Crippen molar-refractivity contribution in [1.29, 1.82) is 0 Å². The van der Waals surface area contributed by atoms with Crippen molar-refractivity contribution in [2.24, 2.45) is 0 Å². The molecule has 0 saturated heterocycles. The minimum Gasteiger partial charge on any atom is -0.319 e. The number of benzene rings is 1. The standard InChI is InChI=1S/C17H23N3S/c1-18-10-7-17-19-15-9-12-20(13-16(15)21-17)11-8-14-5-3-2-4-6-14/h2-6,18H,7-13H2,1H3. The van der Waals surface area contributed by atoms with Crippen LogP contribution in [0.1, 0.15) is 21.1 Å². The van der Waals surface area contributed by atoms with Crippen LogP contribution in [0.25, 0.3) is 0 Å². The molecule has 1 aromatic heterocycles. The maximum absolute atomic E-state index is 4.79. The van der Waals surface area contributed by atoms with E-state index < -0.39 is 0 Å². The average Bonchev–Trinajstić information content (AvgIpc) is 2.94. The Labute approximate surface area is 131 Å². The smallest absolute Gasteiger partial charge is 0.0944 e. The fraction of sp³-hybridized carbons (Fsp3) is 0.471. The molecule has 2 aromatic rings. The molecule has 0 spiro atoms. The van der Waals surface area contributed by atoms with Crippen molar-refractivity contribution in [3.05, 3.63) is 51.5 Å². The van der Waals surface area contributed by atoms with Crippen LogP contribution < -0.4 is 5.32 Å². The van der Waals surface area contributed by atoms with E-state index >= 15 is 0 Å². The number of nitrogens with one attached hydrogen (secondary N) is 1. The number of fused-ring (bicyclic) bond motifs is 1. The van der Waals surface area contributed by atoms with Crippen LogP contribution in [0, 0.1) is 0 Å². The van der Waals surface area contributed by atoms with E-state index in [0.29, 0.717) is 0 Å². The summed E-state index contributed by atoms with van der Waals surface area (Å²) in [6.45, 7) is 4.39. The molecule has 0 radical (unpaired) electrons. The maximum Gasteiger partial charge on any atom is 0.0944 e. The van der Waals surface area contributed by atoms with Crippen LogP contribution in [0.3, 0.4) is 0 Å². The monoisotopic (exact) mass is 301 g/mol. The molecule has 0 aliphatic carbocycles. The van der Waals surface area contributed by atoms with Gasteiger partial charge in [-0.2, -0.15) is 0 Å². The average molecular weight is 301 g/mol. The molecule has 1 aliphatic heterocycles.